The van der Waals surface area contributed by atoms with Crippen molar-refractivity contribution in [2.75, 3.05) is 0 Å². The summed E-state index contributed by atoms with van der Waals surface area (Å²) in [7, 11) is 0. The van der Waals surface area contributed by atoms with Crippen LogP contribution < -0.4 is 5.32 Å². The number of halogens is 4. The van der Waals surface area contributed by atoms with Crippen LogP contribution in [0.3, 0.4) is 0 Å². The molecular formula is C18H15BrF3NO3. The Morgan fingerprint density at radius 2 is 1.73 bits per heavy atom. The molecule has 2 rings (SSSR count). The van der Waals surface area contributed by atoms with Gasteiger partial charge in [0.25, 0.3) is 0 Å². The van der Waals surface area contributed by atoms with Gasteiger partial charge in [-0.05, 0) is 35.4 Å². The summed E-state index contributed by atoms with van der Waals surface area (Å²) in [4.78, 5) is 23.4. The largest absolute Gasteiger partial charge is 0.480 e. The average molecular weight is 430 g/mol. The Kier molecular flexibility index (Phi) is 6.42. The Morgan fingerprint density at radius 1 is 1.08 bits per heavy atom. The van der Waals surface area contributed by atoms with Crippen LogP contribution in [-0.2, 0) is 28.6 Å². The van der Waals surface area contributed by atoms with Crippen molar-refractivity contribution in [3.8, 4) is 0 Å². The summed E-state index contributed by atoms with van der Waals surface area (Å²) in [5.41, 5.74) is 0.281. The molecule has 0 unspecified atom stereocenters. The van der Waals surface area contributed by atoms with Gasteiger partial charge in [-0.1, -0.05) is 40.2 Å². The minimum atomic E-state index is -4.45. The van der Waals surface area contributed by atoms with E-state index in [-0.39, 0.29) is 12.8 Å². The molecule has 0 aliphatic rings. The molecular weight excluding hydrogens is 415 g/mol. The van der Waals surface area contributed by atoms with E-state index in [1.807, 2.05) is 0 Å². The molecule has 2 aromatic rings. The van der Waals surface area contributed by atoms with Crippen LogP contribution in [0.5, 0.6) is 0 Å². The molecule has 1 atom stereocenters. The lowest BCUT2D eigenvalue weighted by atomic mass is 10.0. The number of carboxylic acid groups (broad SMARTS) is 1. The van der Waals surface area contributed by atoms with Gasteiger partial charge in [0.2, 0.25) is 5.91 Å². The van der Waals surface area contributed by atoms with E-state index in [4.69, 9.17) is 0 Å². The monoisotopic (exact) mass is 429 g/mol. The number of rotatable bonds is 6. The van der Waals surface area contributed by atoms with Crippen LogP contribution in [0.15, 0.2) is 53.0 Å². The highest BCUT2D eigenvalue weighted by molar-refractivity contribution is 9.10. The van der Waals surface area contributed by atoms with E-state index in [9.17, 15) is 27.9 Å². The fourth-order valence-corrected chi connectivity index (χ4v) is 2.79. The van der Waals surface area contributed by atoms with Crippen LogP contribution in [0.2, 0.25) is 0 Å². The Bertz CT molecular complexity index is 791. The molecule has 0 aliphatic heterocycles. The van der Waals surface area contributed by atoms with Gasteiger partial charge in [-0.25, -0.2) is 4.79 Å². The van der Waals surface area contributed by atoms with Crippen LogP contribution in [0.4, 0.5) is 13.2 Å². The van der Waals surface area contributed by atoms with Crippen LogP contribution in [0.25, 0.3) is 0 Å². The van der Waals surface area contributed by atoms with Crippen molar-refractivity contribution in [3.63, 3.8) is 0 Å². The van der Waals surface area contributed by atoms with Crippen molar-refractivity contribution in [1.29, 1.82) is 0 Å². The third-order valence-corrected chi connectivity index (χ3v) is 4.10. The van der Waals surface area contributed by atoms with Crippen molar-refractivity contribution in [1.82, 2.24) is 5.32 Å². The number of carboxylic acids is 1. The van der Waals surface area contributed by atoms with Gasteiger partial charge in [-0.2, -0.15) is 13.2 Å². The van der Waals surface area contributed by atoms with E-state index in [1.54, 1.807) is 24.3 Å². The highest BCUT2D eigenvalue weighted by Crippen LogP contribution is 2.29. The van der Waals surface area contributed by atoms with E-state index in [0.717, 1.165) is 22.2 Å². The lowest BCUT2D eigenvalue weighted by Gasteiger charge is -2.15. The molecule has 0 radical (unpaired) electrons. The van der Waals surface area contributed by atoms with Crippen molar-refractivity contribution < 1.29 is 27.9 Å². The van der Waals surface area contributed by atoms with Crippen LogP contribution in [-0.4, -0.2) is 23.0 Å². The number of carbonyl (C=O) groups excluding carboxylic acids is 1. The summed E-state index contributed by atoms with van der Waals surface area (Å²) in [5.74, 6) is -1.77. The summed E-state index contributed by atoms with van der Waals surface area (Å²) >= 11 is 3.29. The first kappa shape index (κ1) is 20.0. The molecule has 2 aromatic carbocycles. The zero-order chi connectivity index (χ0) is 19.3. The summed E-state index contributed by atoms with van der Waals surface area (Å²) < 4.78 is 38.4. The molecule has 0 fully saturated rings. The summed E-state index contributed by atoms with van der Waals surface area (Å²) in [5, 5.41) is 11.7. The fraction of sp³-hybridized carbons (Fsp3) is 0.222. The smallest absolute Gasteiger partial charge is 0.416 e. The third-order valence-electron chi connectivity index (χ3n) is 3.61. The fourth-order valence-electron chi connectivity index (χ4n) is 2.34. The van der Waals surface area contributed by atoms with Gasteiger partial charge in [-0.3, -0.25) is 4.79 Å². The van der Waals surface area contributed by atoms with Gasteiger partial charge < -0.3 is 10.4 Å². The summed E-state index contributed by atoms with van der Waals surface area (Å²) in [6.45, 7) is 0. The second-order valence-corrected chi connectivity index (χ2v) is 6.58. The maximum atomic E-state index is 12.5. The van der Waals surface area contributed by atoms with Gasteiger partial charge in [0.1, 0.15) is 6.04 Å². The SMILES string of the molecule is O=C(Cc1ccc(C(F)(F)F)cc1)N[C@@H](Cc1cccc(Br)c1)C(=O)O. The lowest BCUT2D eigenvalue weighted by Crippen LogP contribution is -2.43. The third kappa shape index (κ3) is 5.87. The second-order valence-electron chi connectivity index (χ2n) is 5.66. The first-order valence-corrected chi connectivity index (χ1v) is 8.37. The Morgan fingerprint density at radius 3 is 2.27 bits per heavy atom. The van der Waals surface area contributed by atoms with Crippen LogP contribution >= 0.6 is 15.9 Å². The molecule has 0 saturated heterocycles. The van der Waals surface area contributed by atoms with Gasteiger partial charge in [0, 0.05) is 10.9 Å². The van der Waals surface area contributed by atoms with Crippen LogP contribution in [0, 0.1) is 0 Å². The molecule has 0 spiro atoms. The van der Waals surface area contributed by atoms with E-state index < -0.39 is 29.7 Å². The highest BCUT2D eigenvalue weighted by atomic mass is 79.9. The predicted molar refractivity (Wildman–Crippen MR) is 92.6 cm³/mol. The molecule has 8 heteroatoms. The van der Waals surface area contributed by atoms with E-state index in [2.05, 4.69) is 21.2 Å². The number of carbonyl (C=O) groups is 2. The van der Waals surface area contributed by atoms with Gasteiger partial charge in [0.05, 0.1) is 12.0 Å². The minimum Gasteiger partial charge on any atom is -0.480 e. The van der Waals surface area contributed by atoms with E-state index >= 15 is 0 Å². The van der Waals surface area contributed by atoms with Crippen molar-refractivity contribution in [2.45, 2.75) is 25.1 Å². The number of benzene rings is 2. The molecule has 1 amide bonds. The molecule has 0 heterocycles. The highest BCUT2D eigenvalue weighted by Gasteiger charge is 2.30. The van der Waals surface area contributed by atoms with Gasteiger partial charge >= 0.3 is 12.1 Å². The summed E-state index contributed by atoms with van der Waals surface area (Å²) in [6.07, 6.45) is -4.56. The average Bonchev–Trinajstić information content (AvgIpc) is 2.53. The maximum absolute atomic E-state index is 12.5. The number of alkyl halides is 3. The molecule has 2 N–H and O–H groups in total. The Hall–Kier alpha value is -2.35. The topological polar surface area (TPSA) is 66.4 Å². The van der Waals surface area contributed by atoms with Crippen LogP contribution in [0.1, 0.15) is 16.7 Å². The number of hydrogen-bond donors (Lipinski definition) is 2. The van der Waals surface area contributed by atoms with Crippen molar-refractivity contribution in [3.05, 3.63) is 69.7 Å². The zero-order valence-electron chi connectivity index (χ0n) is 13.4. The molecule has 0 aliphatic carbocycles. The van der Waals surface area contributed by atoms with Gasteiger partial charge in [-0.15, -0.1) is 0 Å². The number of hydrogen-bond acceptors (Lipinski definition) is 2. The summed E-state index contributed by atoms with van der Waals surface area (Å²) in [6, 6.07) is 10.1. The Labute approximate surface area is 156 Å². The van der Waals surface area contributed by atoms with Crippen molar-refractivity contribution >= 4 is 27.8 Å². The zero-order valence-corrected chi connectivity index (χ0v) is 15.0. The number of amides is 1. The molecule has 0 aromatic heterocycles. The number of aliphatic carboxylic acids is 1. The first-order chi connectivity index (χ1) is 12.1. The van der Waals surface area contributed by atoms with Crippen molar-refractivity contribution in [2.24, 2.45) is 0 Å². The second kappa shape index (κ2) is 8.35. The quantitative estimate of drug-likeness (QED) is 0.733. The maximum Gasteiger partial charge on any atom is 0.416 e. The molecule has 4 nitrogen and oxygen atoms in total. The van der Waals surface area contributed by atoms with Gasteiger partial charge in [0.15, 0.2) is 0 Å². The van der Waals surface area contributed by atoms with E-state index in [1.165, 1.54) is 12.1 Å². The molecule has 138 valence electrons. The first-order valence-electron chi connectivity index (χ1n) is 7.58. The molecule has 0 bridgehead atoms. The molecule has 26 heavy (non-hydrogen) atoms. The predicted octanol–water partition coefficient (Wildman–Crippen LogP) is 3.82. The lowest BCUT2D eigenvalue weighted by molar-refractivity contribution is -0.141. The number of nitrogens with one attached hydrogen (secondary N) is 1. The normalized spacial score (nSPS) is 12.5. The molecule has 0 saturated carbocycles. The van der Waals surface area contributed by atoms with E-state index in [0.29, 0.717) is 5.56 Å². The standard InChI is InChI=1S/C18H15BrF3NO3/c19-14-3-1-2-12(8-14)9-15(17(25)26)23-16(24)10-11-4-6-13(7-5-11)18(20,21)22/h1-8,15H,9-10H2,(H,23,24)(H,25,26)/t15-/m0/s1. The Balaban J connectivity index is 2.00. The minimum absolute atomic E-state index is 0.0908.